The highest BCUT2D eigenvalue weighted by Gasteiger charge is 2.69. The number of aliphatic hydroxyl groups excluding tert-OH is 1. The van der Waals surface area contributed by atoms with E-state index in [0.717, 1.165) is 0 Å². The van der Waals surface area contributed by atoms with E-state index in [2.05, 4.69) is 9.47 Å². The van der Waals surface area contributed by atoms with Crippen LogP contribution < -0.4 is 0 Å². The summed E-state index contributed by atoms with van der Waals surface area (Å²) in [6, 6.07) is 0. The van der Waals surface area contributed by atoms with E-state index >= 15 is 0 Å². The van der Waals surface area contributed by atoms with Crippen LogP contribution in [0.4, 0.5) is 0 Å². The normalized spacial score (nSPS) is 25.4. The molecule has 92 valence electrons. The molecule has 0 aliphatic heterocycles. The molecule has 1 aliphatic rings. The van der Waals surface area contributed by atoms with Crippen molar-refractivity contribution in [3.05, 3.63) is 0 Å². The molecule has 0 spiro atoms. The van der Waals surface area contributed by atoms with E-state index in [1.165, 1.54) is 14.2 Å². The van der Waals surface area contributed by atoms with Crippen molar-refractivity contribution in [2.75, 3.05) is 14.2 Å². The zero-order valence-electron chi connectivity index (χ0n) is 10.0. The van der Waals surface area contributed by atoms with Gasteiger partial charge in [0.15, 0.2) is 5.41 Å². The number of rotatable bonds is 4. The number of methoxy groups -OCH3 is 2. The van der Waals surface area contributed by atoms with E-state index < -0.39 is 23.5 Å². The van der Waals surface area contributed by atoms with Gasteiger partial charge in [0.25, 0.3) is 0 Å². The maximum Gasteiger partial charge on any atom is 0.323 e. The molecule has 1 N–H and O–H groups in total. The van der Waals surface area contributed by atoms with Crippen molar-refractivity contribution < 1.29 is 24.2 Å². The number of aliphatic hydroxyl groups is 1. The summed E-state index contributed by atoms with van der Waals surface area (Å²) in [5.41, 5.74) is -1.19. The van der Waals surface area contributed by atoms with E-state index in [4.69, 9.17) is 0 Å². The first-order valence-electron chi connectivity index (χ1n) is 5.26. The van der Waals surface area contributed by atoms with Crippen LogP contribution in [0.15, 0.2) is 0 Å². The molecule has 1 fully saturated rings. The maximum absolute atomic E-state index is 11.6. The Kier molecular flexibility index (Phi) is 3.57. The van der Waals surface area contributed by atoms with Gasteiger partial charge in [-0.25, -0.2) is 0 Å². The summed E-state index contributed by atoms with van der Waals surface area (Å²) >= 11 is 0. The molecule has 0 aromatic carbocycles. The minimum Gasteiger partial charge on any atom is -0.468 e. The van der Waals surface area contributed by atoms with Gasteiger partial charge < -0.3 is 14.6 Å². The fourth-order valence-corrected chi connectivity index (χ4v) is 2.18. The van der Waals surface area contributed by atoms with Crippen LogP contribution >= 0.6 is 0 Å². The Morgan fingerprint density at radius 2 is 1.69 bits per heavy atom. The van der Waals surface area contributed by atoms with Gasteiger partial charge in [0.1, 0.15) is 0 Å². The van der Waals surface area contributed by atoms with Crippen LogP contribution in [0.5, 0.6) is 0 Å². The lowest BCUT2D eigenvalue weighted by atomic mass is 9.92. The Bertz CT molecular complexity index is 281. The molecule has 0 radical (unpaired) electrons. The van der Waals surface area contributed by atoms with Gasteiger partial charge in [-0.1, -0.05) is 6.92 Å². The SMILES string of the molecule is COC(=O)C1(C(=O)OC)CC1[C@@H](C)[C@@H](C)O. The minimum atomic E-state index is -1.19. The van der Waals surface area contributed by atoms with Crippen molar-refractivity contribution >= 4 is 11.9 Å². The molecule has 0 bridgehead atoms. The first kappa shape index (κ1) is 13.0. The van der Waals surface area contributed by atoms with Crippen molar-refractivity contribution in [2.45, 2.75) is 26.4 Å². The molecule has 1 saturated carbocycles. The van der Waals surface area contributed by atoms with E-state index in [-0.39, 0.29) is 11.8 Å². The van der Waals surface area contributed by atoms with Crippen LogP contribution in [0, 0.1) is 17.3 Å². The molecule has 0 saturated heterocycles. The van der Waals surface area contributed by atoms with Gasteiger partial charge in [-0.05, 0) is 25.2 Å². The molecule has 3 atom stereocenters. The number of carbonyl (C=O) groups is 2. The molecule has 1 unspecified atom stereocenters. The molecule has 0 amide bonds. The Morgan fingerprint density at radius 3 is 2.00 bits per heavy atom. The van der Waals surface area contributed by atoms with Crippen molar-refractivity contribution in [3.63, 3.8) is 0 Å². The van der Waals surface area contributed by atoms with Crippen LogP contribution in [0.1, 0.15) is 20.3 Å². The average molecular weight is 230 g/mol. The minimum absolute atomic E-state index is 0.141. The van der Waals surface area contributed by atoms with Gasteiger partial charge >= 0.3 is 11.9 Å². The lowest BCUT2D eigenvalue weighted by molar-refractivity contribution is -0.162. The highest BCUT2D eigenvalue weighted by atomic mass is 16.5. The van der Waals surface area contributed by atoms with Crippen LogP contribution in [0.2, 0.25) is 0 Å². The third-order valence-electron chi connectivity index (χ3n) is 3.51. The van der Waals surface area contributed by atoms with Gasteiger partial charge in [0, 0.05) is 0 Å². The lowest BCUT2D eigenvalue weighted by Gasteiger charge is -2.18. The molecule has 0 heterocycles. The van der Waals surface area contributed by atoms with Gasteiger partial charge in [-0.3, -0.25) is 9.59 Å². The van der Waals surface area contributed by atoms with Crippen molar-refractivity contribution in [1.82, 2.24) is 0 Å². The average Bonchev–Trinajstić information content (AvgIpc) is 3.02. The second-order valence-corrected chi connectivity index (χ2v) is 4.36. The molecule has 5 heteroatoms. The van der Waals surface area contributed by atoms with Gasteiger partial charge in [-0.15, -0.1) is 0 Å². The Morgan fingerprint density at radius 1 is 1.25 bits per heavy atom. The number of hydrogen-bond acceptors (Lipinski definition) is 5. The molecule has 16 heavy (non-hydrogen) atoms. The summed E-state index contributed by atoms with van der Waals surface area (Å²) in [6.45, 7) is 3.45. The zero-order valence-corrected chi connectivity index (χ0v) is 10.0. The summed E-state index contributed by atoms with van der Waals surface area (Å²) in [5, 5.41) is 9.47. The topological polar surface area (TPSA) is 72.8 Å². The van der Waals surface area contributed by atoms with Crippen molar-refractivity contribution in [3.8, 4) is 0 Å². The van der Waals surface area contributed by atoms with Crippen LogP contribution in [-0.2, 0) is 19.1 Å². The van der Waals surface area contributed by atoms with Crippen LogP contribution in [0.25, 0.3) is 0 Å². The second kappa shape index (κ2) is 4.41. The Balaban J connectivity index is 2.88. The Labute approximate surface area is 94.7 Å². The largest absolute Gasteiger partial charge is 0.468 e. The van der Waals surface area contributed by atoms with Gasteiger partial charge in [0.05, 0.1) is 20.3 Å². The monoisotopic (exact) mass is 230 g/mol. The first-order valence-corrected chi connectivity index (χ1v) is 5.26. The van der Waals surface area contributed by atoms with E-state index in [1.807, 2.05) is 6.92 Å². The molecule has 1 aliphatic carbocycles. The third-order valence-corrected chi connectivity index (χ3v) is 3.51. The number of esters is 2. The maximum atomic E-state index is 11.6. The van der Waals surface area contributed by atoms with Crippen molar-refractivity contribution in [1.29, 1.82) is 0 Å². The first-order chi connectivity index (χ1) is 7.41. The fourth-order valence-electron chi connectivity index (χ4n) is 2.18. The van der Waals surface area contributed by atoms with E-state index in [1.54, 1.807) is 6.92 Å². The smallest absolute Gasteiger partial charge is 0.323 e. The zero-order chi connectivity index (χ0) is 12.5. The standard InChI is InChI=1S/C11H18O5/c1-6(7(2)12)8-5-11(8,9(13)15-3)10(14)16-4/h6-8,12H,5H2,1-4H3/t6-,7+,8?/m0/s1. The molecular weight excluding hydrogens is 212 g/mol. The molecule has 1 rings (SSSR count). The van der Waals surface area contributed by atoms with Gasteiger partial charge in [-0.2, -0.15) is 0 Å². The highest BCUT2D eigenvalue weighted by Crippen LogP contribution is 2.58. The molecule has 0 aromatic heterocycles. The van der Waals surface area contributed by atoms with E-state index in [0.29, 0.717) is 6.42 Å². The lowest BCUT2D eigenvalue weighted by Crippen LogP contribution is -2.33. The fraction of sp³-hybridized carbons (Fsp3) is 0.818. The quantitative estimate of drug-likeness (QED) is 0.557. The molecular formula is C11H18O5. The van der Waals surface area contributed by atoms with Gasteiger partial charge in [0.2, 0.25) is 0 Å². The summed E-state index contributed by atoms with van der Waals surface area (Å²) < 4.78 is 9.28. The van der Waals surface area contributed by atoms with Crippen LogP contribution in [-0.4, -0.2) is 37.4 Å². The summed E-state index contributed by atoms with van der Waals surface area (Å²) in [6.07, 6.45) is -0.181. The summed E-state index contributed by atoms with van der Waals surface area (Å²) in [7, 11) is 2.49. The Hall–Kier alpha value is -1.10. The van der Waals surface area contributed by atoms with Crippen LogP contribution in [0.3, 0.4) is 0 Å². The summed E-state index contributed by atoms with van der Waals surface area (Å²) in [4.78, 5) is 23.3. The second-order valence-electron chi connectivity index (χ2n) is 4.36. The van der Waals surface area contributed by atoms with E-state index in [9.17, 15) is 14.7 Å². The summed E-state index contributed by atoms with van der Waals surface area (Å²) in [5.74, 6) is -1.49. The third kappa shape index (κ3) is 1.80. The molecule has 5 nitrogen and oxygen atoms in total. The highest BCUT2D eigenvalue weighted by molar-refractivity contribution is 6.03. The number of ether oxygens (including phenoxy) is 2. The predicted octanol–water partition coefficient (Wildman–Crippen LogP) is 0.356. The number of hydrogen-bond donors (Lipinski definition) is 1. The number of carbonyl (C=O) groups excluding carboxylic acids is 2. The predicted molar refractivity (Wildman–Crippen MR) is 55.4 cm³/mol. The van der Waals surface area contributed by atoms with Crippen molar-refractivity contribution in [2.24, 2.45) is 17.3 Å². The molecule has 0 aromatic rings.